The predicted octanol–water partition coefficient (Wildman–Crippen LogP) is 5.30. The molecule has 18 heteroatoms. The van der Waals surface area contributed by atoms with E-state index in [1.807, 2.05) is 26.8 Å². The molecule has 0 aromatic carbocycles. The molecule has 6 fully saturated rings. The molecule has 77 heavy (non-hydrogen) atoms. The summed E-state index contributed by atoms with van der Waals surface area (Å²) < 4.78 is 32.1. The topological polar surface area (TPSA) is 273 Å². The van der Waals surface area contributed by atoms with E-state index in [9.17, 15) is 58.8 Å². The molecular weight excluding hydrogens is 997 g/mol. The lowest BCUT2D eigenvalue weighted by molar-refractivity contribution is -0.187. The molecule has 0 bridgehead atoms. The van der Waals surface area contributed by atoms with Crippen LogP contribution in [0.3, 0.4) is 0 Å². The Bertz CT molecular complexity index is 2410. The molecule has 18 nitrogen and oxygen atoms in total. The van der Waals surface area contributed by atoms with Crippen molar-refractivity contribution in [2.45, 2.75) is 180 Å². The smallest absolute Gasteiger partial charge is 0.307 e. The molecule has 0 aromatic rings. The molecule has 8 rings (SSSR count). The Labute approximate surface area is 451 Å². The minimum atomic E-state index is -1.83. The number of hydrogen-bond acceptors (Lipinski definition) is 18. The largest absolute Gasteiger partial charge is 0.463 e. The highest BCUT2D eigenvalue weighted by Gasteiger charge is 2.70. The fourth-order valence-corrected chi connectivity index (χ4v) is 16.5. The summed E-state index contributed by atoms with van der Waals surface area (Å²) in [6.45, 7) is 9.28. The van der Waals surface area contributed by atoms with Gasteiger partial charge in [0.2, 0.25) is 11.6 Å². The first kappa shape index (κ1) is 58.7. The number of rotatable bonds is 23. The predicted molar refractivity (Wildman–Crippen MR) is 274 cm³/mol. The average Bonchev–Trinajstić information content (AvgIpc) is 3.99. The van der Waals surface area contributed by atoms with Gasteiger partial charge in [0.1, 0.15) is 24.4 Å². The van der Waals surface area contributed by atoms with E-state index in [2.05, 4.69) is 13.8 Å². The molecule has 0 spiro atoms. The minimum absolute atomic E-state index is 0.0167. The quantitative estimate of drug-likeness (QED) is 0.0574. The van der Waals surface area contributed by atoms with Crippen LogP contribution < -0.4 is 0 Å². The molecule has 426 valence electrons. The maximum Gasteiger partial charge on any atom is 0.307 e. The number of fused-ring (bicyclic) bond motifs is 10. The second-order valence-corrected chi connectivity index (χ2v) is 24.5. The molecule has 7 unspecified atom stereocenters. The highest BCUT2D eigenvalue weighted by molar-refractivity contribution is 6.01. The lowest BCUT2D eigenvalue weighted by atomic mass is 9.45. The van der Waals surface area contributed by atoms with Crippen molar-refractivity contribution in [3.8, 4) is 0 Å². The van der Waals surface area contributed by atoms with Crippen LogP contribution in [-0.2, 0) is 66.8 Å². The zero-order chi connectivity index (χ0) is 55.7. The number of aliphatic hydroxyl groups is 4. The van der Waals surface area contributed by atoms with Gasteiger partial charge in [0, 0.05) is 28.6 Å². The highest BCUT2D eigenvalue weighted by atomic mass is 16.6. The van der Waals surface area contributed by atoms with E-state index >= 15 is 0 Å². The molecule has 6 saturated carbocycles. The molecule has 15 atom stereocenters. The summed E-state index contributed by atoms with van der Waals surface area (Å²) >= 11 is 0. The third-order valence-electron chi connectivity index (χ3n) is 20.5. The zero-order valence-electron chi connectivity index (χ0n) is 45.7. The van der Waals surface area contributed by atoms with E-state index in [0.717, 1.165) is 30.4 Å². The molecule has 0 radical (unpaired) electrons. The summed E-state index contributed by atoms with van der Waals surface area (Å²) in [6.07, 6.45) is 9.52. The third-order valence-corrected chi connectivity index (χ3v) is 20.5. The van der Waals surface area contributed by atoms with Crippen molar-refractivity contribution in [2.24, 2.45) is 57.2 Å². The number of aliphatic hydroxyl groups excluding tert-OH is 2. The van der Waals surface area contributed by atoms with Crippen LogP contribution in [0, 0.1) is 57.2 Å². The number of ketones is 4. The Morgan fingerprint density at radius 1 is 0.623 bits per heavy atom. The van der Waals surface area contributed by atoms with Gasteiger partial charge in [0.25, 0.3) is 0 Å². The molecule has 0 amide bonds. The Morgan fingerprint density at radius 3 is 1.75 bits per heavy atom. The number of allylic oxidation sites excluding steroid dienone is 5. The van der Waals surface area contributed by atoms with Crippen molar-refractivity contribution in [1.82, 2.24) is 0 Å². The van der Waals surface area contributed by atoms with Crippen LogP contribution in [0.2, 0.25) is 0 Å². The van der Waals surface area contributed by atoms with Crippen molar-refractivity contribution in [1.29, 1.82) is 0 Å². The molecule has 0 saturated heterocycles. The van der Waals surface area contributed by atoms with E-state index in [1.165, 1.54) is 0 Å². The van der Waals surface area contributed by atoms with Gasteiger partial charge >= 0.3 is 23.9 Å². The van der Waals surface area contributed by atoms with Crippen LogP contribution in [-0.4, -0.2) is 143 Å². The van der Waals surface area contributed by atoms with Crippen LogP contribution in [0.5, 0.6) is 0 Å². The second-order valence-electron chi connectivity index (χ2n) is 24.5. The van der Waals surface area contributed by atoms with Gasteiger partial charge in [0.15, 0.2) is 24.3 Å². The lowest BCUT2D eigenvalue weighted by Crippen LogP contribution is -2.62. The molecular formula is C59H82O18. The monoisotopic (exact) mass is 1080 g/mol. The second kappa shape index (κ2) is 23.3. The third kappa shape index (κ3) is 11.1. The summed E-state index contributed by atoms with van der Waals surface area (Å²) in [5.41, 5.74) is -4.19. The van der Waals surface area contributed by atoms with Gasteiger partial charge in [-0.1, -0.05) is 58.3 Å². The van der Waals surface area contributed by atoms with Crippen molar-refractivity contribution in [2.75, 3.05) is 46.2 Å². The highest BCUT2D eigenvalue weighted by Crippen LogP contribution is 2.69. The van der Waals surface area contributed by atoms with Gasteiger partial charge < -0.3 is 48.8 Å². The molecule has 0 aliphatic heterocycles. The molecule has 4 N–H and O–H groups in total. The summed E-state index contributed by atoms with van der Waals surface area (Å²) in [7, 11) is 0. The number of Topliss-reactive ketones (excluding diaryl/α,β-unsaturated/α-hetero) is 2. The normalized spacial score (nSPS) is 38.0. The van der Waals surface area contributed by atoms with Crippen LogP contribution in [0.15, 0.2) is 35.5 Å². The summed E-state index contributed by atoms with van der Waals surface area (Å²) in [5.74, 6) is -4.28. The molecule has 0 aromatic heterocycles. The fourth-order valence-electron chi connectivity index (χ4n) is 16.5. The SMILES string of the molecule is CCCC(OC(=O)CCC(=O)OCCOCCOCCOC(=O)CCC(=O)OCC(=O)[C@@]1(O)CCC2C3CCC4=CC(=O)CC[C@]4(C)C3[C@@H](O)C[C@@]21C)C(=O)[C@@]1(O)CCC2C3CCC4=CC(=O)C=C[C@]4(C)C3[C@@H](O)C[C@@]21C. The van der Waals surface area contributed by atoms with Gasteiger partial charge in [-0.3, -0.25) is 38.4 Å². The standard InChI is InChI=1S/C59H82O18/c1-6-7-45(53(69)59(71)23-19-42-40-11-9-36-31-38(61)17-21-55(36,3)52(40)44(63)33-57(42,59)5)77-50(68)15-14-48(66)75-29-27-73-25-24-72-26-28-74-47(65)12-13-49(67)76-34-46(64)58(70)22-18-41-39-10-8-35-30-37(60)16-20-54(35,2)51(39)43(62)32-56(41,58)4/h17,21,30-31,39-45,51-52,62-63,70-71H,6-16,18-20,22-29,32-34H2,1-5H3/t39?,40?,41?,42?,43-,44-,45?,51?,52?,54-,55-,56-,57-,58-,59-/m0/s1. The van der Waals surface area contributed by atoms with Gasteiger partial charge in [-0.25, -0.2) is 0 Å². The molecule has 8 aliphatic carbocycles. The molecule has 8 aliphatic rings. The zero-order valence-corrected chi connectivity index (χ0v) is 45.7. The Balaban J connectivity index is 0.660. The van der Waals surface area contributed by atoms with E-state index in [-0.39, 0.29) is 150 Å². The Kier molecular flexibility index (Phi) is 17.8. The van der Waals surface area contributed by atoms with E-state index in [0.29, 0.717) is 38.5 Å². The van der Waals surface area contributed by atoms with E-state index in [4.69, 9.17) is 28.4 Å². The van der Waals surface area contributed by atoms with E-state index < -0.39 is 87.8 Å². The van der Waals surface area contributed by atoms with Crippen LogP contribution in [0.1, 0.15) is 150 Å². The summed E-state index contributed by atoms with van der Waals surface area (Å²) in [4.78, 5) is 103. The van der Waals surface area contributed by atoms with Gasteiger partial charge in [-0.15, -0.1) is 0 Å². The summed E-state index contributed by atoms with van der Waals surface area (Å²) in [5, 5.41) is 47.6. The first-order valence-corrected chi connectivity index (χ1v) is 28.3. The fraction of sp³-hybridized carbons (Fsp3) is 0.763. The van der Waals surface area contributed by atoms with Crippen molar-refractivity contribution in [3.05, 3.63) is 35.5 Å². The number of ether oxygens (including phenoxy) is 6. The average molecular weight is 1080 g/mol. The first-order valence-electron chi connectivity index (χ1n) is 28.3. The number of carbonyl (C=O) groups excluding carboxylic acids is 8. The summed E-state index contributed by atoms with van der Waals surface area (Å²) in [6, 6.07) is 0. The van der Waals surface area contributed by atoms with Gasteiger partial charge in [0.05, 0.1) is 64.3 Å². The first-order chi connectivity index (χ1) is 36.5. The molecule has 0 heterocycles. The van der Waals surface area contributed by atoms with Crippen LogP contribution in [0.25, 0.3) is 0 Å². The lowest BCUT2D eigenvalue weighted by Gasteiger charge is -2.60. The van der Waals surface area contributed by atoms with Gasteiger partial charge in [-0.05, 0) is 130 Å². The van der Waals surface area contributed by atoms with Crippen molar-refractivity contribution >= 4 is 47.0 Å². The van der Waals surface area contributed by atoms with Crippen LogP contribution >= 0.6 is 0 Å². The Morgan fingerprint density at radius 2 is 1.14 bits per heavy atom. The maximum atomic E-state index is 14.3. The minimum Gasteiger partial charge on any atom is -0.463 e. The Hall–Kier alpha value is -4.46. The number of carbonyl (C=O) groups is 8. The van der Waals surface area contributed by atoms with E-state index in [1.54, 1.807) is 18.2 Å². The maximum absolute atomic E-state index is 14.3. The number of esters is 4. The van der Waals surface area contributed by atoms with Crippen molar-refractivity contribution < 1.29 is 87.2 Å². The van der Waals surface area contributed by atoms with Gasteiger partial charge in [-0.2, -0.15) is 0 Å². The van der Waals surface area contributed by atoms with Crippen LogP contribution in [0.4, 0.5) is 0 Å². The van der Waals surface area contributed by atoms with Crippen molar-refractivity contribution in [3.63, 3.8) is 0 Å². The number of hydrogen-bond donors (Lipinski definition) is 4.